The van der Waals surface area contributed by atoms with Crippen molar-refractivity contribution in [3.05, 3.63) is 199 Å². The monoisotopic (exact) mass is 732 g/mol. The third-order valence-corrected chi connectivity index (χ3v) is 11.3. The Hall–Kier alpha value is -7.70. The van der Waals surface area contributed by atoms with Crippen molar-refractivity contribution in [3.8, 4) is 16.8 Å². The van der Waals surface area contributed by atoms with Crippen molar-refractivity contribution in [3.63, 3.8) is 0 Å². The lowest BCUT2D eigenvalue weighted by atomic mass is 10.0. The number of amidine groups is 2. The zero-order chi connectivity index (χ0) is 37.5. The van der Waals surface area contributed by atoms with Crippen molar-refractivity contribution in [2.75, 3.05) is 0 Å². The average Bonchev–Trinajstić information content (AvgIpc) is 3.96. The van der Waals surface area contributed by atoms with Crippen LogP contribution in [-0.2, 0) is 0 Å². The zero-order valence-electron chi connectivity index (χ0n) is 30.6. The van der Waals surface area contributed by atoms with E-state index in [1.807, 2.05) is 48.5 Å². The van der Waals surface area contributed by atoms with Gasteiger partial charge in [-0.3, -0.25) is 0 Å². The standard InChI is InChI=1S/C51H32N4O2/c1-3-14-31(15-4-1)33-28-29-42-40(30-33)34-18-7-9-24-41(34)55(42)43-25-12-21-37-46-38(22-13-27-45(46)57-48(37)43)50-52-49(32-16-5-2-6-17-32)53-51(54-50)39-23-11-20-36-35-19-8-10-26-44(35)56-47(36)39/h1-30,50H,(H,52,53,54). The van der Waals surface area contributed by atoms with Gasteiger partial charge in [-0.05, 0) is 53.6 Å². The SMILES string of the molecule is c1ccc(C2=NC(c3cccc4oc5c(-n6c7ccccc7c7cc(-c8ccccc8)ccc76)cccc5c34)N=C(c3cccc4c3oc3ccccc34)N2)cc1. The molecule has 0 spiro atoms. The van der Waals surface area contributed by atoms with Crippen LogP contribution in [0.1, 0.15) is 22.9 Å². The van der Waals surface area contributed by atoms with Crippen LogP contribution in [0.3, 0.4) is 0 Å². The first kappa shape index (κ1) is 31.6. The third kappa shape index (κ3) is 4.90. The number of benzene rings is 8. The van der Waals surface area contributed by atoms with Crippen LogP contribution in [0.5, 0.6) is 0 Å². The maximum atomic E-state index is 6.90. The fourth-order valence-corrected chi connectivity index (χ4v) is 8.70. The molecule has 6 nitrogen and oxygen atoms in total. The first-order chi connectivity index (χ1) is 28.3. The summed E-state index contributed by atoms with van der Waals surface area (Å²) in [6.45, 7) is 0. The summed E-state index contributed by atoms with van der Waals surface area (Å²) in [5.41, 5.74) is 11.6. The van der Waals surface area contributed by atoms with E-state index in [0.717, 1.165) is 83.1 Å². The van der Waals surface area contributed by atoms with Gasteiger partial charge in [0.05, 0.1) is 22.3 Å². The molecule has 57 heavy (non-hydrogen) atoms. The van der Waals surface area contributed by atoms with Crippen molar-refractivity contribution in [2.45, 2.75) is 6.17 Å². The number of hydrogen-bond acceptors (Lipinski definition) is 5. The van der Waals surface area contributed by atoms with Crippen molar-refractivity contribution in [1.29, 1.82) is 0 Å². The fraction of sp³-hybridized carbons (Fsp3) is 0.0196. The van der Waals surface area contributed by atoms with E-state index in [0.29, 0.717) is 5.84 Å². The Labute approximate surface area is 326 Å². The van der Waals surface area contributed by atoms with E-state index in [2.05, 4.69) is 143 Å². The van der Waals surface area contributed by atoms with Gasteiger partial charge >= 0.3 is 0 Å². The topological polar surface area (TPSA) is 68.0 Å². The molecular formula is C51H32N4O2. The molecule has 4 heterocycles. The van der Waals surface area contributed by atoms with Crippen molar-refractivity contribution in [1.82, 2.24) is 9.88 Å². The van der Waals surface area contributed by atoms with Crippen LogP contribution in [0.2, 0.25) is 0 Å². The van der Waals surface area contributed by atoms with Gasteiger partial charge in [0.25, 0.3) is 0 Å². The highest BCUT2D eigenvalue weighted by atomic mass is 16.3. The second-order valence-corrected chi connectivity index (χ2v) is 14.5. The Balaban J connectivity index is 1.06. The Morgan fingerprint density at radius 1 is 0.439 bits per heavy atom. The van der Waals surface area contributed by atoms with E-state index in [9.17, 15) is 0 Å². The lowest BCUT2D eigenvalue weighted by molar-refractivity contribution is 0.664. The Morgan fingerprint density at radius 2 is 1.09 bits per heavy atom. The number of furan rings is 2. The average molecular weight is 733 g/mol. The van der Waals surface area contributed by atoms with Crippen LogP contribution in [0.15, 0.2) is 201 Å². The normalized spacial score (nSPS) is 14.5. The summed E-state index contributed by atoms with van der Waals surface area (Å²) in [5.74, 6) is 1.44. The van der Waals surface area contributed by atoms with E-state index >= 15 is 0 Å². The summed E-state index contributed by atoms with van der Waals surface area (Å²) in [6, 6.07) is 63.2. The molecule has 1 atom stereocenters. The molecule has 0 saturated carbocycles. The van der Waals surface area contributed by atoms with E-state index < -0.39 is 6.17 Å². The molecule has 1 aliphatic rings. The smallest absolute Gasteiger partial charge is 0.170 e. The number of aromatic nitrogens is 1. The van der Waals surface area contributed by atoms with Gasteiger partial charge in [-0.1, -0.05) is 140 Å². The molecule has 0 saturated heterocycles. The zero-order valence-corrected chi connectivity index (χ0v) is 30.6. The number of rotatable bonds is 5. The molecule has 0 aliphatic carbocycles. The van der Waals surface area contributed by atoms with Gasteiger partial charge in [-0.15, -0.1) is 0 Å². The summed E-state index contributed by atoms with van der Waals surface area (Å²) in [6.07, 6.45) is -0.561. The van der Waals surface area contributed by atoms with Gasteiger partial charge in [0.1, 0.15) is 28.4 Å². The van der Waals surface area contributed by atoms with Gasteiger partial charge < -0.3 is 18.7 Å². The van der Waals surface area contributed by atoms with Crippen molar-refractivity contribution >= 4 is 77.4 Å². The first-order valence-electron chi connectivity index (χ1n) is 19.2. The minimum absolute atomic E-state index is 0.561. The molecule has 268 valence electrons. The van der Waals surface area contributed by atoms with E-state index in [1.165, 1.54) is 21.9 Å². The number of para-hydroxylation sites is 4. The maximum Gasteiger partial charge on any atom is 0.170 e. The highest BCUT2D eigenvalue weighted by Crippen LogP contribution is 2.42. The molecule has 1 unspecified atom stereocenters. The van der Waals surface area contributed by atoms with Crippen LogP contribution >= 0.6 is 0 Å². The van der Waals surface area contributed by atoms with Crippen molar-refractivity contribution in [2.24, 2.45) is 9.98 Å². The number of aliphatic imine (C=N–C) groups is 2. The Bertz CT molecular complexity index is 3440. The summed E-state index contributed by atoms with van der Waals surface area (Å²) in [4.78, 5) is 10.6. The van der Waals surface area contributed by atoms with Crippen molar-refractivity contribution < 1.29 is 8.83 Å². The fourth-order valence-electron chi connectivity index (χ4n) is 8.70. The predicted octanol–water partition coefficient (Wildman–Crippen LogP) is 12.7. The van der Waals surface area contributed by atoms with Gasteiger partial charge in [0.15, 0.2) is 11.7 Å². The quantitative estimate of drug-likeness (QED) is 0.192. The molecule has 1 N–H and O–H groups in total. The van der Waals surface area contributed by atoms with Crippen LogP contribution < -0.4 is 5.32 Å². The molecule has 11 aromatic rings. The molecule has 1 aliphatic heterocycles. The molecule has 3 aromatic heterocycles. The molecule has 0 radical (unpaired) electrons. The molecule has 0 bridgehead atoms. The highest BCUT2D eigenvalue weighted by molar-refractivity contribution is 6.22. The van der Waals surface area contributed by atoms with Gasteiger partial charge in [0, 0.05) is 43.4 Å². The number of fused-ring (bicyclic) bond motifs is 9. The lowest BCUT2D eigenvalue weighted by Gasteiger charge is -2.22. The largest absolute Gasteiger partial charge is 0.455 e. The molecule has 0 fully saturated rings. The molecular weight excluding hydrogens is 701 g/mol. The molecule has 6 heteroatoms. The molecule has 0 amide bonds. The van der Waals surface area contributed by atoms with Crippen LogP contribution in [0.4, 0.5) is 0 Å². The summed E-state index contributed by atoms with van der Waals surface area (Å²) in [5, 5.41) is 10.1. The Morgan fingerprint density at radius 3 is 1.96 bits per heavy atom. The van der Waals surface area contributed by atoms with Crippen LogP contribution in [-0.4, -0.2) is 16.2 Å². The number of nitrogens with one attached hydrogen (secondary N) is 1. The van der Waals surface area contributed by atoms with Gasteiger partial charge in [-0.2, -0.15) is 0 Å². The third-order valence-electron chi connectivity index (χ3n) is 11.3. The van der Waals surface area contributed by atoms with E-state index in [-0.39, 0.29) is 0 Å². The van der Waals surface area contributed by atoms with Gasteiger partial charge in [0.2, 0.25) is 0 Å². The Kier molecular flexibility index (Phi) is 6.89. The summed E-state index contributed by atoms with van der Waals surface area (Å²) < 4.78 is 15.7. The van der Waals surface area contributed by atoms with Crippen LogP contribution in [0.25, 0.3) is 82.5 Å². The lowest BCUT2D eigenvalue weighted by Crippen LogP contribution is -2.36. The minimum Gasteiger partial charge on any atom is -0.455 e. The summed E-state index contributed by atoms with van der Waals surface area (Å²) in [7, 11) is 0. The maximum absolute atomic E-state index is 6.90. The van der Waals surface area contributed by atoms with E-state index in [1.54, 1.807) is 0 Å². The second kappa shape index (κ2) is 12.4. The second-order valence-electron chi connectivity index (χ2n) is 14.5. The molecule has 8 aromatic carbocycles. The van der Waals surface area contributed by atoms with Crippen LogP contribution in [0, 0.1) is 0 Å². The predicted molar refractivity (Wildman–Crippen MR) is 233 cm³/mol. The molecule has 12 rings (SSSR count). The summed E-state index contributed by atoms with van der Waals surface area (Å²) >= 11 is 0. The van der Waals surface area contributed by atoms with E-state index in [4.69, 9.17) is 18.8 Å². The number of hydrogen-bond donors (Lipinski definition) is 1. The van der Waals surface area contributed by atoms with Gasteiger partial charge in [-0.25, -0.2) is 9.98 Å². The highest BCUT2D eigenvalue weighted by Gasteiger charge is 2.27. The minimum atomic E-state index is -0.561. The first-order valence-corrected chi connectivity index (χ1v) is 19.2. The number of nitrogens with zero attached hydrogens (tertiary/aromatic N) is 3.